The SMILES string of the molecule is CC1=C(C)c2cc3[n-]c(cc4cccc(cc5[n-]c(cc1n2)=CC=C5)n4)c(C)c3C.[Pt+2]. The molecule has 5 heterocycles. The zero-order valence-corrected chi connectivity index (χ0v) is 20.2. The molecule has 0 unspecified atom stereocenters. The standard InChI is InChI=1S/C26H22N4.Pt/c1-15-17(3)25-14-26-18(4)16(2)24(30-26)13-22-10-6-8-20(28-22)11-19-7-5-9-21(27-19)12-23(15)29-25;/h5-14H,1-4H3;/q-2;+2. The van der Waals surface area contributed by atoms with Gasteiger partial charge in [-0.05, 0) is 51.0 Å². The van der Waals surface area contributed by atoms with Crippen molar-refractivity contribution in [3.8, 4) is 0 Å². The van der Waals surface area contributed by atoms with Crippen LogP contribution in [0.15, 0.2) is 48.5 Å². The second-order valence-corrected chi connectivity index (χ2v) is 7.82. The summed E-state index contributed by atoms with van der Waals surface area (Å²) in [6.07, 6.45) is 6.01. The van der Waals surface area contributed by atoms with E-state index in [0.717, 1.165) is 44.5 Å². The molecule has 0 saturated carbocycles. The molecular formula is C26H22N4Pt. The van der Waals surface area contributed by atoms with Gasteiger partial charge in [0.1, 0.15) is 0 Å². The van der Waals surface area contributed by atoms with Gasteiger partial charge in [0.25, 0.3) is 0 Å². The molecule has 0 aromatic carbocycles. The molecule has 0 amide bonds. The molecule has 0 fully saturated rings. The molecule has 0 N–H and O–H groups in total. The topological polar surface area (TPSA) is 54.0 Å². The van der Waals surface area contributed by atoms with Crippen LogP contribution >= 0.6 is 0 Å². The summed E-state index contributed by atoms with van der Waals surface area (Å²) in [6.45, 7) is 8.45. The van der Waals surface area contributed by atoms with Crippen LogP contribution in [0.1, 0.15) is 42.1 Å². The van der Waals surface area contributed by atoms with Crippen molar-refractivity contribution in [3.63, 3.8) is 0 Å². The van der Waals surface area contributed by atoms with Crippen LogP contribution in [0.4, 0.5) is 0 Å². The zero-order chi connectivity index (χ0) is 20.8. The van der Waals surface area contributed by atoms with Gasteiger partial charge >= 0.3 is 21.1 Å². The third-order valence-electron chi connectivity index (χ3n) is 5.87. The minimum Gasteiger partial charge on any atom is -0.658 e. The fourth-order valence-corrected chi connectivity index (χ4v) is 3.75. The maximum absolute atomic E-state index is 4.89. The quantitative estimate of drug-likeness (QED) is 0.376. The molecule has 156 valence electrons. The smallest absolute Gasteiger partial charge is 0.658 e. The monoisotopic (exact) mass is 585 g/mol. The number of aryl methyl sites for hydroxylation is 2. The van der Waals surface area contributed by atoms with Crippen LogP contribution < -0.4 is 15.3 Å². The molecule has 8 bridgehead atoms. The van der Waals surface area contributed by atoms with Crippen molar-refractivity contribution in [3.05, 3.63) is 82.1 Å². The summed E-state index contributed by atoms with van der Waals surface area (Å²) < 4.78 is 0. The van der Waals surface area contributed by atoms with E-state index >= 15 is 0 Å². The fourth-order valence-electron chi connectivity index (χ4n) is 3.75. The number of hydrogen-bond acceptors (Lipinski definition) is 2. The van der Waals surface area contributed by atoms with Crippen LogP contribution in [-0.4, -0.2) is 9.97 Å². The first-order valence-electron chi connectivity index (χ1n) is 10.1. The van der Waals surface area contributed by atoms with Gasteiger partial charge in [0.2, 0.25) is 0 Å². The van der Waals surface area contributed by atoms with Crippen molar-refractivity contribution in [1.82, 2.24) is 19.9 Å². The molecule has 3 aromatic rings. The van der Waals surface area contributed by atoms with Crippen LogP contribution in [-0.2, 0) is 21.1 Å². The van der Waals surface area contributed by atoms with Gasteiger partial charge in [0.05, 0.1) is 22.4 Å². The molecule has 5 heteroatoms. The molecule has 31 heavy (non-hydrogen) atoms. The Balaban J connectivity index is 0.00000231. The molecule has 0 atom stereocenters. The van der Waals surface area contributed by atoms with Crippen molar-refractivity contribution in [2.45, 2.75) is 27.7 Å². The maximum Gasteiger partial charge on any atom is 2.00 e. The summed E-state index contributed by atoms with van der Waals surface area (Å²) >= 11 is 0. The molecule has 0 spiro atoms. The van der Waals surface area contributed by atoms with Gasteiger partial charge in [0.15, 0.2) is 0 Å². The van der Waals surface area contributed by atoms with Gasteiger partial charge in [-0.15, -0.1) is 22.1 Å². The third kappa shape index (κ3) is 4.00. The second-order valence-electron chi connectivity index (χ2n) is 7.82. The van der Waals surface area contributed by atoms with Gasteiger partial charge in [-0.2, -0.15) is 0 Å². The fraction of sp³-hybridized carbons (Fsp3) is 0.154. The Kier molecular flexibility index (Phi) is 5.68. The summed E-state index contributed by atoms with van der Waals surface area (Å²) in [4.78, 5) is 19.3. The average molecular weight is 586 g/mol. The van der Waals surface area contributed by atoms with Crippen molar-refractivity contribution in [2.75, 3.05) is 0 Å². The van der Waals surface area contributed by atoms with E-state index in [1.165, 1.54) is 22.3 Å². The van der Waals surface area contributed by atoms with Crippen molar-refractivity contribution in [1.29, 1.82) is 0 Å². The Bertz CT molecular complexity index is 1480. The predicted octanol–water partition coefficient (Wildman–Crippen LogP) is 4.91. The molecular weight excluding hydrogens is 563 g/mol. The minimum absolute atomic E-state index is 0. The Morgan fingerprint density at radius 3 is 2.10 bits per heavy atom. The van der Waals surface area contributed by atoms with Crippen LogP contribution in [0.5, 0.6) is 0 Å². The van der Waals surface area contributed by atoms with E-state index in [1.807, 2.05) is 54.6 Å². The Morgan fingerprint density at radius 1 is 0.710 bits per heavy atom. The number of allylic oxidation sites excluding steroid dienone is 3. The van der Waals surface area contributed by atoms with E-state index in [1.54, 1.807) is 0 Å². The van der Waals surface area contributed by atoms with E-state index in [-0.39, 0.29) is 21.1 Å². The number of rotatable bonds is 0. The van der Waals surface area contributed by atoms with Gasteiger partial charge in [0, 0.05) is 0 Å². The van der Waals surface area contributed by atoms with Gasteiger partial charge in [-0.25, -0.2) is 9.97 Å². The van der Waals surface area contributed by atoms with E-state index in [9.17, 15) is 0 Å². The second kappa shape index (κ2) is 8.28. The Hall–Kier alpha value is -2.97. The van der Waals surface area contributed by atoms with E-state index in [4.69, 9.17) is 19.9 Å². The molecule has 0 aliphatic carbocycles. The summed E-state index contributed by atoms with van der Waals surface area (Å²) in [7, 11) is 0. The number of aromatic nitrogens is 4. The Morgan fingerprint density at radius 2 is 1.35 bits per heavy atom. The summed E-state index contributed by atoms with van der Waals surface area (Å²) in [5.74, 6) is 0. The van der Waals surface area contributed by atoms with E-state index < -0.39 is 0 Å². The predicted molar refractivity (Wildman–Crippen MR) is 124 cm³/mol. The molecule has 3 aromatic heterocycles. The summed E-state index contributed by atoms with van der Waals surface area (Å²) in [5, 5.41) is 0.881. The van der Waals surface area contributed by atoms with Crippen LogP contribution in [0.2, 0.25) is 0 Å². The molecule has 2 aliphatic rings. The van der Waals surface area contributed by atoms with Crippen LogP contribution in [0.3, 0.4) is 0 Å². The van der Waals surface area contributed by atoms with Gasteiger partial charge < -0.3 is 9.97 Å². The molecule has 2 aliphatic heterocycles. The van der Waals surface area contributed by atoms with Crippen molar-refractivity contribution in [2.24, 2.45) is 0 Å². The number of fused-ring (bicyclic) bond motifs is 8. The molecule has 0 saturated heterocycles. The number of nitrogens with zero attached hydrogens (tertiary/aromatic N) is 4. The van der Waals surface area contributed by atoms with Gasteiger partial charge in [-0.1, -0.05) is 59.7 Å². The first kappa shape index (κ1) is 21.3. The van der Waals surface area contributed by atoms with E-state index in [0.29, 0.717) is 0 Å². The number of hydrogen-bond donors (Lipinski definition) is 0. The average Bonchev–Trinajstić information content (AvgIpc) is 3.14. The first-order chi connectivity index (χ1) is 14.5. The third-order valence-corrected chi connectivity index (χ3v) is 5.87. The van der Waals surface area contributed by atoms with Crippen LogP contribution in [0.25, 0.3) is 45.4 Å². The summed E-state index contributed by atoms with van der Waals surface area (Å²) in [6, 6.07) is 14.2. The zero-order valence-electron chi connectivity index (χ0n) is 17.9. The van der Waals surface area contributed by atoms with Crippen LogP contribution in [0, 0.1) is 13.8 Å². The molecule has 4 nitrogen and oxygen atoms in total. The summed E-state index contributed by atoms with van der Waals surface area (Å²) in [5.41, 5.74) is 11.1. The van der Waals surface area contributed by atoms with Crippen molar-refractivity contribution < 1.29 is 21.1 Å². The van der Waals surface area contributed by atoms with E-state index in [2.05, 4.69) is 33.8 Å². The van der Waals surface area contributed by atoms with Gasteiger partial charge in [-0.3, -0.25) is 0 Å². The largest absolute Gasteiger partial charge is 2.00 e. The molecule has 5 rings (SSSR count). The normalized spacial score (nSPS) is 12.9. The Labute approximate surface area is 195 Å². The minimum atomic E-state index is 0. The molecule has 0 radical (unpaired) electrons. The number of pyridine rings is 1. The first-order valence-corrected chi connectivity index (χ1v) is 10.1. The maximum atomic E-state index is 4.89. The van der Waals surface area contributed by atoms with Crippen molar-refractivity contribution >= 4 is 45.4 Å².